The second-order valence-corrected chi connectivity index (χ2v) is 1.84. The molecule has 0 aliphatic rings. The van der Waals surface area contributed by atoms with Crippen LogP contribution in [-0.2, 0) is 20.4 Å². The van der Waals surface area contributed by atoms with Gasteiger partial charge in [-0.15, -0.1) is 23.2 Å². The minimum absolute atomic E-state index is 0. The van der Waals surface area contributed by atoms with Crippen molar-refractivity contribution >= 4 is 23.2 Å². The molecule has 0 fully saturated rings. The van der Waals surface area contributed by atoms with Crippen LogP contribution >= 0.6 is 23.2 Å². The van der Waals surface area contributed by atoms with Gasteiger partial charge in [0, 0.05) is 32.2 Å². The van der Waals surface area contributed by atoms with Crippen molar-refractivity contribution in [2.75, 3.05) is 11.8 Å². The summed E-state index contributed by atoms with van der Waals surface area (Å²) in [5.41, 5.74) is 0. The van der Waals surface area contributed by atoms with Crippen LogP contribution in [0, 0.1) is 0 Å². The number of hydrogen-bond acceptors (Lipinski definition) is 0. The van der Waals surface area contributed by atoms with E-state index in [9.17, 15) is 0 Å². The fraction of sp³-hybridized carbons (Fsp3) is 1.00. The van der Waals surface area contributed by atoms with E-state index in [1.165, 1.54) is 0 Å². The summed E-state index contributed by atoms with van der Waals surface area (Å²) in [5, 5.41) is 0. The second kappa shape index (κ2) is 10.3. The molecule has 7 heavy (non-hydrogen) atoms. The van der Waals surface area contributed by atoms with Gasteiger partial charge in [0.1, 0.15) is 0 Å². The molecule has 0 aromatic rings. The molecule has 0 bridgehead atoms. The van der Waals surface area contributed by atoms with Gasteiger partial charge in [0.2, 0.25) is 0 Å². The van der Waals surface area contributed by atoms with E-state index in [0.717, 1.165) is 24.6 Å². The minimum Gasteiger partial charge on any atom is -0.127 e. The first-order chi connectivity index (χ1) is 2.91. The van der Waals surface area contributed by atoms with Gasteiger partial charge >= 0.3 is 0 Å². The van der Waals surface area contributed by atoms with Crippen LogP contribution in [0.1, 0.15) is 12.8 Å². The zero-order valence-corrected chi connectivity index (χ0v) is 6.97. The first-order valence-electron chi connectivity index (χ1n) is 2.03. The Bertz CT molecular complexity index is 21.7. The Hall–Kier alpha value is 1.24. The fourth-order valence-corrected chi connectivity index (χ4v) is 0.567. The van der Waals surface area contributed by atoms with Crippen molar-refractivity contribution in [1.29, 1.82) is 0 Å². The molecule has 0 heterocycles. The Morgan fingerprint density at radius 1 is 0.857 bits per heavy atom. The predicted molar refractivity (Wildman–Crippen MR) is 30.7 cm³/mol. The van der Waals surface area contributed by atoms with Crippen LogP contribution in [0.2, 0.25) is 0 Å². The molecule has 0 aliphatic carbocycles. The van der Waals surface area contributed by atoms with Crippen LogP contribution in [0.25, 0.3) is 0 Å². The molecule has 0 aliphatic heterocycles. The summed E-state index contributed by atoms with van der Waals surface area (Å²) in [6, 6.07) is 0. The van der Waals surface area contributed by atoms with Gasteiger partial charge < -0.3 is 0 Å². The summed E-state index contributed by atoms with van der Waals surface area (Å²) in [7, 11) is 0. The average molecular weight is 233 g/mol. The summed E-state index contributed by atoms with van der Waals surface area (Å²) in [6.45, 7) is 0. The van der Waals surface area contributed by atoms with Crippen LogP contribution in [0.3, 0.4) is 0 Å². The van der Waals surface area contributed by atoms with Gasteiger partial charge in [0.05, 0.1) is 0 Å². The summed E-state index contributed by atoms with van der Waals surface area (Å²) < 4.78 is 0. The van der Waals surface area contributed by atoms with Crippen molar-refractivity contribution in [3.8, 4) is 0 Å². The fourth-order valence-electron chi connectivity index (χ4n) is 0.189. The molecule has 0 aromatic carbocycles. The maximum Gasteiger partial charge on any atom is 0.0223 e. The number of halogens is 2. The largest absolute Gasteiger partial charge is 0.127 e. The number of rotatable bonds is 3. The van der Waals surface area contributed by atoms with Crippen LogP contribution in [-0.4, -0.2) is 11.8 Å². The molecule has 3 heteroatoms. The van der Waals surface area contributed by atoms with Crippen LogP contribution in [0.15, 0.2) is 0 Å². The molecule has 0 spiro atoms. The molecule has 0 nitrogen and oxygen atoms in total. The number of unbranched alkanes of at least 4 members (excludes halogenated alkanes) is 1. The van der Waals surface area contributed by atoms with E-state index < -0.39 is 0 Å². The van der Waals surface area contributed by atoms with Crippen molar-refractivity contribution < 1.29 is 20.4 Å². The van der Waals surface area contributed by atoms with E-state index in [-0.39, 0.29) is 20.4 Å². The van der Waals surface area contributed by atoms with Gasteiger partial charge in [-0.1, -0.05) is 0 Å². The predicted octanol–water partition coefficient (Wildman–Crippen LogP) is 2.24. The molecular weight excluding hydrogens is 225 g/mol. The van der Waals surface area contributed by atoms with Gasteiger partial charge in [0.25, 0.3) is 0 Å². The molecule has 0 amide bonds. The third kappa shape index (κ3) is 11.1. The Labute approximate surface area is 68.2 Å². The molecule has 0 saturated heterocycles. The smallest absolute Gasteiger partial charge is 0.0223 e. The van der Waals surface area contributed by atoms with Gasteiger partial charge in [0.15, 0.2) is 0 Å². The minimum atomic E-state index is 0. The number of alkyl halides is 2. The monoisotopic (exact) mass is 232 g/mol. The van der Waals surface area contributed by atoms with Crippen molar-refractivity contribution in [2.24, 2.45) is 0 Å². The van der Waals surface area contributed by atoms with Gasteiger partial charge in [-0.2, -0.15) is 0 Å². The van der Waals surface area contributed by atoms with E-state index in [1.54, 1.807) is 0 Å². The first-order valence-corrected chi connectivity index (χ1v) is 3.10. The zero-order chi connectivity index (χ0) is 4.83. The van der Waals surface area contributed by atoms with E-state index in [0.29, 0.717) is 0 Å². The molecule has 0 rings (SSSR count). The van der Waals surface area contributed by atoms with E-state index >= 15 is 0 Å². The third-order valence-electron chi connectivity index (χ3n) is 0.517. The van der Waals surface area contributed by atoms with E-state index in [1.807, 2.05) is 0 Å². The summed E-state index contributed by atoms with van der Waals surface area (Å²) in [4.78, 5) is 0. The quantitative estimate of drug-likeness (QED) is 0.398. The van der Waals surface area contributed by atoms with Crippen molar-refractivity contribution in [3.63, 3.8) is 0 Å². The maximum atomic E-state index is 5.32. The van der Waals surface area contributed by atoms with Crippen LogP contribution in [0.4, 0.5) is 0 Å². The normalized spacial score (nSPS) is 7.71. The first kappa shape index (κ1) is 11.1. The molecule has 0 unspecified atom stereocenters. The molecule has 0 saturated carbocycles. The van der Waals surface area contributed by atoms with Gasteiger partial charge in [-0.25, -0.2) is 0 Å². The zero-order valence-electron chi connectivity index (χ0n) is 3.90. The topological polar surface area (TPSA) is 0 Å². The van der Waals surface area contributed by atoms with Crippen LogP contribution < -0.4 is 0 Å². The Morgan fingerprint density at radius 2 is 1.14 bits per heavy atom. The average Bonchev–Trinajstić information content (AvgIpc) is 1.61. The summed E-state index contributed by atoms with van der Waals surface area (Å²) in [5.74, 6) is 1.49. The molecule has 0 N–H and O–H groups in total. The van der Waals surface area contributed by atoms with Crippen molar-refractivity contribution in [1.82, 2.24) is 0 Å². The van der Waals surface area contributed by atoms with Gasteiger partial charge in [-0.3, -0.25) is 0 Å². The summed E-state index contributed by atoms with van der Waals surface area (Å²) >= 11 is 10.6. The molecule has 48 valence electrons. The number of hydrogen-bond donors (Lipinski definition) is 0. The Kier molecular flexibility index (Phi) is 16.3. The Morgan fingerprint density at radius 3 is 1.29 bits per heavy atom. The molecular formula is C4H8Cl2Pd. The second-order valence-electron chi connectivity index (χ2n) is 1.09. The van der Waals surface area contributed by atoms with Crippen LogP contribution in [0.5, 0.6) is 0 Å². The maximum absolute atomic E-state index is 5.32. The molecule has 0 atom stereocenters. The molecule has 0 aromatic heterocycles. The van der Waals surface area contributed by atoms with Crippen molar-refractivity contribution in [3.05, 3.63) is 0 Å². The van der Waals surface area contributed by atoms with Gasteiger partial charge in [-0.05, 0) is 12.8 Å². The standard InChI is InChI=1S/C4H8Cl2.Pd/c5-3-1-2-4-6;/h1-4H2;. The Balaban J connectivity index is 0. The third-order valence-corrected chi connectivity index (χ3v) is 1.05. The SMILES string of the molecule is ClCCCCCl.[Pd]. The van der Waals surface area contributed by atoms with Crippen molar-refractivity contribution in [2.45, 2.75) is 12.8 Å². The summed E-state index contributed by atoms with van der Waals surface area (Å²) in [6.07, 6.45) is 2.09. The molecule has 0 radical (unpaired) electrons. The van der Waals surface area contributed by atoms with E-state index in [2.05, 4.69) is 0 Å². The van der Waals surface area contributed by atoms with E-state index in [4.69, 9.17) is 23.2 Å².